The van der Waals surface area contributed by atoms with E-state index >= 15 is 0 Å². The smallest absolute Gasteiger partial charge is 0.134 e. The van der Waals surface area contributed by atoms with Crippen LogP contribution in [0.3, 0.4) is 0 Å². The molecule has 3 aliphatic heterocycles. The number of nitrogens with zero attached hydrogens (tertiary/aromatic N) is 3. The van der Waals surface area contributed by atoms with Gasteiger partial charge in [-0.15, -0.1) is 0 Å². The zero-order chi connectivity index (χ0) is 18.0. The van der Waals surface area contributed by atoms with Gasteiger partial charge in [0.2, 0.25) is 0 Å². The van der Waals surface area contributed by atoms with Crippen molar-refractivity contribution in [1.82, 2.24) is 4.90 Å². The molecule has 0 aliphatic carbocycles. The van der Waals surface area contributed by atoms with Crippen LogP contribution >= 0.6 is 0 Å². The third-order valence-corrected chi connectivity index (χ3v) is 6.86. The minimum absolute atomic E-state index is 0.628. The van der Waals surface area contributed by atoms with Crippen molar-refractivity contribution in [1.29, 1.82) is 0 Å². The monoisotopic (exact) mass is 359 g/mol. The number of piperidine rings is 1. The lowest BCUT2D eigenvalue weighted by atomic mass is 9.88. The average Bonchev–Trinajstić information content (AvgIpc) is 3.29. The summed E-state index contributed by atoms with van der Waals surface area (Å²) in [5.41, 5.74) is 6.88. The fraction of sp³-hybridized carbons (Fsp3) is 0.391. The molecule has 2 unspecified atom stereocenters. The van der Waals surface area contributed by atoms with Gasteiger partial charge in [-0.3, -0.25) is 4.90 Å². The number of para-hydroxylation sites is 1. The van der Waals surface area contributed by atoms with Gasteiger partial charge in [0.05, 0.1) is 17.6 Å². The molecule has 138 valence electrons. The summed E-state index contributed by atoms with van der Waals surface area (Å²) in [5.74, 6) is 0.628. The first-order valence-corrected chi connectivity index (χ1v) is 10.1. The maximum atomic E-state index is 5.59. The summed E-state index contributed by atoms with van der Waals surface area (Å²) in [6, 6.07) is 16.1. The van der Waals surface area contributed by atoms with Crippen molar-refractivity contribution < 1.29 is 4.42 Å². The maximum absolute atomic E-state index is 5.59. The molecule has 1 aromatic heterocycles. The zero-order valence-electron chi connectivity index (χ0n) is 15.8. The normalized spacial score (nSPS) is 24.3. The van der Waals surface area contributed by atoms with Gasteiger partial charge < -0.3 is 14.2 Å². The Kier molecular flexibility index (Phi) is 3.33. The highest BCUT2D eigenvalue weighted by molar-refractivity contribution is 5.81. The number of rotatable bonds is 2. The molecule has 4 heteroatoms. The molecule has 4 heterocycles. The standard InChI is InChI=1S/C23H25N3O/c1-24-11-12-26-20-8-10-25(14-16-4-2-7-22-17(16)9-13-27-22)15-19(20)18-5-3-6-21(24)23(18)26/h2-7,9,13,19-20H,8,10-12,14-15H2,1H3. The summed E-state index contributed by atoms with van der Waals surface area (Å²) < 4.78 is 5.59. The fourth-order valence-corrected chi connectivity index (χ4v) is 5.56. The van der Waals surface area contributed by atoms with Crippen LogP contribution in [0.15, 0.2) is 53.1 Å². The van der Waals surface area contributed by atoms with E-state index in [0.29, 0.717) is 12.0 Å². The third kappa shape index (κ3) is 2.26. The summed E-state index contributed by atoms with van der Waals surface area (Å²) in [5, 5.41) is 1.26. The lowest BCUT2D eigenvalue weighted by Crippen LogP contribution is -2.49. The predicted octanol–water partition coefficient (Wildman–Crippen LogP) is 4.06. The van der Waals surface area contributed by atoms with Gasteiger partial charge >= 0.3 is 0 Å². The molecule has 3 aromatic rings. The maximum Gasteiger partial charge on any atom is 0.134 e. The number of benzene rings is 2. The first-order chi connectivity index (χ1) is 13.3. The summed E-state index contributed by atoms with van der Waals surface area (Å²) in [6.07, 6.45) is 3.06. The van der Waals surface area contributed by atoms with Gasteiger partial charge in [0, 0.05) is 57.1 Å². The number of likely N-dealkylation sites (N-methyl/N-ethyl adjacent to an activating group) is 1. The molecular weight excluding hydrogens is 334 g/mol. The van der Waals surface area contributed by atoms with Crippen LogP contribution in [0.1, 0.15) is 23.5 Å². The van der Waals surface area contributed by atoms with Crippen molar-refractivity contribution in [2.24, 2.45) is 0 Å². The molecular formula is C23H25N3O. The van der Waals surface area contributed by atoms with Crippen molar-refractivity contribution >= 4 is 22.3 Å². The summed E-state index contributed by atoms with van der Waals surface area (Å²) in [7, 11) is 2.23. The van der Waals surface area contributed by atoms with E-state index in [0.717, 1.165) is 31.8 Å². The van der Waals surface area contributed by atoms with Gasteiger partial charge in [-0.25, -0.2) is 0 Å². The van der Waals surface area contributed by atoms with Crippen LogP contribution in [0.4, 0.5) is 11.4 Å². The van der Waals surface area contributed by atoms with E-state index in [1.807, 2.05) is 0 Å². The van der Waals surface area contributed by atoms with Crippen molar-refractivity contribution in [3.8, 4) is 0 Å². The summed E-state index contributed by atoms with van der Waals surface area (Å²) in [4.78, 5) is 7.78. The highest BCUT2D eigenvalue weighted by Crippen LogP contribution is 2.50. The summed E-state index contributed by atoms with van der Waals surface area (Å²) in [6.45, 7) is 5.62. The molecule has 6 rings (SSSR count). The van der Waals surface area contributed by atoms with Crippen LogP contribution in [0.2, 0.25) is 0 Å². The zero-order valence-corrected chi connectivity index (χ0v) is 15.8. The van der Waals surface area contributed by atoms with E-state index in [9.17, 15) is 0 Å². The highest BCUT2D eigenvalue weighted by atomic mass is 16.3. The van der Waals surface area contributed by atoms with E-state index in [-0.39, 0.29) is 0 Å². The predicted molar refractivity (Wildman–Crippen MR) is 110 cm³/mol. The van der Waals surface area contributed by atoms with Gasteiger partial charge in [-0.05, 0) is 35.7 Å². The molecule has 4 nitrogen and oxygen atoms in total. The number of hydrogen-bond acceptors (Lipinski definition) is 4. The molecule has 1 fully saturated rings. The van der Waals surface area contributed by atoms with Crippen LogP contribution in [0, 0.1) is 0 Å². The molecule has 0 radical (unpaired) electrons. The van der Waals surface area contributed by atoms with Crippen molar-refractivity contribution in [3.63, 3.8) is 0 Å². The Bertz CT molecular complexity index is 1010. The van der Waals surface area contributed by atoms with Gasteiger partial charge in [0.15, 0.2) is 0 Å². The Balaban J connectivity index is 1.31. The van der Waals surface area contributed by atoms with Crippen molar-refractivity contribution in [3.05, 3.63) is 59.9 Å². The van der Waals surface area contributed by atoms with Crippen LogP contribution in [0.25, 0.3) is 11.0 Å². The van der Waals surface area contributed by atoms with E-state index < -0.39 is 0 Å². The molecule has 0 N–H and O–H groups in total. The Morgan fingerprint density at radius 3 is 2.93 bits per heavy atom. The van der Waals surface area contributed by atoms with E-state index in [4.69, 9.17) is 4.42 Å². The van der Waals surface area contributed by atoms with E-state index in [1.54, 1.807) is 11.8 Å². The Morgan fingerprint density at radius 1 is 1.04 bits per heavy atom. The molecule has 3 aliphatic rings. The van der Waals surface area contributed by atoms with E-state index in [2.05, 4.69) is 64.2 Å². The largest absolute Gasteiger partial charge is 0.464 e. The van der Waals surface area contributed by atoms with Crippen LogP contribution in [-0.2, 0) is 6.54 Å². The van der Waals surface area contributed by atoms with Gasteiger partial charge in [0.1, 0.15) is 5.58 Å². The number of furan rings is 1. The molecule has 0 bridgehead atoms. The first kappa shape index (κ1) is 15.6. The van der Waals surface area contributed by atoms with Gasteiger partial charge in [0.25, 0.3) is 0 Å². The topological polar surface area (TPSA) is 22.9 Å². The van der Waals surface area contributed by atoms with Crippen LogP contribution in [-0.4, -0.2) is 44.2 Å². The molecule has 27 heavy (non-hydrogen) atoms. The van der Waals surface area contributed by atoms with Crippen molar-refractivity contribution in [2.45, 2.75) is 24.9 Å². The quantitative estimate of drug-likeness (QED) is 0.688. The number of hydrogen-bond donors (Lipinski definition) is 0. The molecule has 2 atom stereocenters. The minimum atomic E-state index is 0.628. The molecule has 2 aromatic carbocycles. The molecule has 0 spiro atoms. The Labute approximate surface area is 160 Å². The molecule has 0 amide bonds. The Hall–Kier alpha value is -2.46. The fourth-order valence-electron chi connectivity index (χ4n) is 5.56. The van der Waals surface area contributed by atoms with E-state index in [1.165, 1.54) is 35.3 Å². The number of likely N-dealkylation sites (tertiary alicyclic amines) is 1. The SMILES string of the molecule is CN1CCN2c3c(cccc31)C1CN(Cc3cccc4occc34)CCC12. The minimum Gasteiger partial charge on any atom is -0.464 e. The highest BCUT2D eigenvalue weighted by Gasteiger charge is 2.44. The lowest BCUT2D eigenvalue weighted by Gasteiger charge is -2.41. The lowest BCUT2D eigenvalue weighted by molar-refractivity contribution is 0.186. The van der Waals surface area contributed by atoms with Crippen LogP contribution in [0.5, 0.6) is 0 Å². The first-order valence-electron chi connectivity index (χ1n) is 10.1. The summed E-state index contributed by atoms with van der Waals surface area (Å²) >= 11 is 0. The molecule has 1 saturated heterocycles. The third-order valence-electron chi connectivity index (χ3n) is 6.86. The van der Waals surface area contributed by atoms with Gasteiger partial charge in [-0.1, -0.05) is 24.3 Å². The van der Waals surface area contributed by atoms with Crippen LogP contribution < -0.4 is 9.80 Å². The molecule has 0 saturated carbocycles. The second-order valence-electron chi connectivity index (χ2n) is 8.28. The Morgan fingerprint density at radius 2 is 1.96 bits per heavy atom. The number of fused-ring (bicyclic) bond motifs is 4. The van der Waals surface area contributed by atoms with Gasteiger partial charge in [-0.2, -0.15) is 0 Å². The van der Waals surface area contributed by atoms with Crippen molar-refractivity contribution in [2.75, 3.05) is 43.0 Å². The second-order valence-corrected chi connectivity index (χ2v) is 8.28. The number of anilines is 2. The average molecular weight is 359 g/mol. The second kappa shape index (κ2) is 5.77.